The summed E-state index contributed by atoms with van der Waals surface area (Å²) >= 11 is 5.65. The summed E-state index contributed by atoms with van der Waals surface area (Å²) in [7, 11) is 0. The van der Waals surface area contributed by atoms with Crippen molar-refractivity contribution in [3.05, 3.63) is 64.4 Å². The van der Waals surface area contributed by atoms with Gasteiger partial charge in [0.1, 0.15) is 11.6 Å². The first-order valence-electron chi connectivity index (χ1n) is 10.6. The van der Waals surface area contributed by atoms with Gasteiger partial charge in [-0.1, -0.05) is 41.4 Å². The predicted octanol–water partition coefficient (Wildman–Crippen LogP) is 4.01. The Hall–Kier alpha value is -2.60. The minimum Gasteiger partial charge on any atom is -0.484 e. The topological polar surface area (TPSA) is 67.4 Å². The molecule has 2 N–H and O–H groups in total. The van der Waals surface area contributed by atoms with Crippen LogP contribution in [0.2, 0.25) is 5.02 Å². The number of hydrogen-bond acceptors (Lipinski definition) is 3. The highest BCUT2D eigenvalue weighted by Crippen LogP contribution is 2.49. The van der Waals surface area contributed by atoms with Gasteiger partial charge in [0.05, 0.1) is 5.02 Å². The van der Waals surface area contributed by atoms with Crippen molar-refractivity contribution in [1.82, 2.24) is 10.6 Å². The molecule has 0 saturated heterocycles. The van der Waals surface area contributed by atoms with E-state index in [-0.39, 0.29) is 41.2 Å². The third-order valence-electron chi connectivity index (χ3n) is 6.35. The van der Waals surface area contributed by atoms with Crippen LogP contribution in [-0.2, 0) is 16.1 Å². The van der Waals surface area contributed by atoms with Crippen LogP contribution in [0.15, 0.2) is 42.5 Å². The van der Waals surface area contributed by atoms with E-state index in [1.165, 1.54) is 12.1 Å². The van der Waals surface area contributed by atoms with E-state index in [0.29, 0.717) is 24.8 Å². The molecule has 2 atom stereocenters. The molecule has 5 rings (SSSR count). The standard InChI is InChI=1S/C24H26ClFN2O3/c1-14-3-2-4-15(7-14)12-27-24(30)19-11-22(17-8-16(19)9-17)28-23(29)13-31-18-5-6-20(25)21(26)10-18/h2-7,10,16-17,19,22H,8-9,11-13H2,1H3,(H,27,30)(H,28,29)/t16?,17?,19-,22+/m1/s1. The molecule has 0 heterocycles. The molecule has 2 bridgehead atoms. The maximum atomic E-state index is 13.5. The zero-order valence-corrected chi connectivity index (χ0v) is 18.1. The number of carbonyl (C=O) groups is 2. The number of nitrogens with one attached hydrogen (secondary N) is 2. The molecular formula is C24H26ClFN2O3. The second-order valence-electron chi connectivity index (χ2n) is 8.58. The molecule has 31 heavy (non-hydrogen) atoms. The fourth-order valence-corrected chi connectivity index (χ4v) is 4.75. The van der Waals surface area contributed by atoms with Crippen molar-refractivity contribution in [2.45, 2.75) is 38.8 Å². The van der Waals surface area contributed by atoms with Gasteiger partial charge >= 0.3 is 0 Å². The lowest BCUT2D eigenvalue weighted by atomic mass is 9.57. The molecule has 0 spiro atoms. The molecule has 0 aromatic heterocycles. The molecule has 3 aliphatic rings. The highest BCUT2D eigenvalue weighted by molar-refractivity contribution is 6.30. The van der Waals surface area contributed by atoms with Crippen LogP contribution in [0.3, 0.4) is 0 Å². The quantitative estimate of drug-likeness (QED) is 0.678. The van der Waals surface area contributed by atoms with E-state index in [1.807, 2.05) is 25.1 Å². The van der Waals surface area contributed by atoms with Crippen molar-refractivity contribution >= 4 is 23.4 Å². The molecule has 0 radical (unpaired) electrons. The van der Waals surface area contributed by atoms with E-state index in [2.05, 4.69) is 16.7 Å². The van der Waals surface area contributed by atoms with Gasteiger partial charge in [0.15, 0.2) is 6.61 Å². The molecule has 3 aliphatic carbocycles. The summed E-state index contributed by atoms with van der Waals surface area (Å²) in [6.45, 7) is 2.33. The number of aryl methyl sites for hydroxylation is 1. The average Bonchev–Trinajstić information content (AvgIpc) is 2.72. The Balaban J connectivity index is 1.27. The SMILES string of the molecule is Cc1cccc(CNC(=O)[C@@H]2C[C@H](NC(=O)COc3ccc(Cl)c(F)c3)C3CC2C3)c1. The van der Waals surface area contributed by atoms with E-state index in [4.69, 9.17) is 16.3 Å². The van der Waals surface area contributed by atoms with Crippen LogP contribution in [0.1, 0.15) is 30.4 Å². The molecular weight excluding hydrogens is 419 g/mol. The maximum absolute atomic E-state index is 13.5. The zero-order valence-electron chi connectivity index (χ0n) is 17.4. The van der Waals surface area contributed by atoms with Crippen LogP contribution in [0, 0.1) is 30.5 Å². The Kier molecular flexibility index (Phi) is 6.46. The van der Waals surface area contributed by atoms with Gasteiger partial charge in [-0.2, -0.15) is 0 Å². The highest BCUT2D eigenvalue weighted by Gasteiger charge is 2.48. The summed E-state index contributed by atoms with van der Waals surface area (Å²) in [6.07, 6.45) is 2.55. The first kappa shape index (κ1) is 21.6. The molecule has 2 amide bonds. The largest absolute Gasteiger partial charge is 0.484 e. The lowest BCUT2D eigenvalue weighted by Gasteiger charge is -2.50. The Morgan fingerprint density at radius 1 is 1.13 bits per heavy atom. The number of hydrogen-bond donors (Lipinski definition) is 2. The van der Waals surface area contributed by atoms with Crippen molar-refractivity contribution in [1.29, 1.82) is 0 Å². The maximum Gasteiger partial charge on any atom is 0.258 e. The highest BCUT2D eigenvalue weighted by atomic mass is 35.5. The fraction of sp³-hybridized carbons (Fsp3) is 0.417. The molecule has 5 nitrogen and oxygen atoms in total. The Bertz CT molecular complexity index is 977. The van der Waals surface area contributed by atoms with Gasteiger partial charge < -0.3 is 15.4 Å². The minimum absolute atomic E-state index is 0.00487. The van der Waals surface area contributed by atoms with E-state index in [1.54, 1.807) is 0 Å². The third-order valence-corrected chi connectivity index (χ3v) is 6.66. The summed E-state index contributed by atoms with van der Waals surface area (Å²) < 4.78 is 18.9. The number of rotatable bonds is 7. The Morgan fingerprint density at radius 2 is 1.94 bits per heavy atom. The lowest BCUT2D eigenvalue weighted by molar-refractivity contribution is -0.136. The van der Waals surface area contributed by atoms with Gasteiger partial charge in [-0.05, 0) is 55.7 Å². The van der Waals surface area contributed by atoms with Crippen molar-refractivity contribution in [2.75, 3.05) is 6.61 Å². The second-order valence-corrected chi connectivity index (χ2v) is 8.99. The van der Waals surface area contributed by atoms with E-state index in [0.717, 1.165) is 30.0 Å². The normalized spacial score (nSPS) is 24.1. The van der Waals surface area contributed by atoms with Crippen LogP contribution in [0.4, 0.5) is 4.39 Å². The monoisotopic (exact) mass is 444 g/mol. The van der Waals surface area contributed by atoms with Crippen molar-refractivity contribution < 1.29 is 18.7 Å². The number of benzene rings is 2. The lowest BCUT2D eigenvalue weighted by Crippen LogP contribution is -2.56. The zero-order chi connectivity index (χ0) is 22.0. The van der Waals surface area contributed by atoms with Gasteiger partial charge in [-0.3, -0.25) is 9.59 Å². The molecule has 164 valence electrons. The molecule has 0 unspecified atom stereocenters. The van der Waals surface area contributed by atoms with Crippen molar-refractivity contribution in [3.8, 4) is 5.75 Å². The second kappa shape index (κ2) is 9.27. The van der Waals surface area contributed by atoms with Crippen molar-refractivity contribution in [2.24, 2.45) is 17.8 Å². The van der Waals surface area contributed by atoms with Crippen LogP contribution in [-0.4, -0.2) is 24.5 Å². The van der Waals surface area contributed by atoms with E-state index < -0.39 is 5.82 Å². The Morgan fingerprint density at radius 3 is 2.68 bits per heavy atom. The smallest absolute Gasteiger partial charge is 0.258 e. The van der Waals surface area contributed by atoms with Gasteiger partial charge in [0, 0.05) is 24.6 Å². The summed E-state index contributed by atoms with van der Waals surface area (Å²) in [4.78, 5) is 25.2. The molecule has 7 heteroatoms. The molecule has 0 aliphatic heterocycles. The van der Waals surface area contributed by atoms with E-state index in [9.17, 15) is 14.0 Å². The molecule has 3 saturated carbocycles. The first-order chi connectivity index (χ1) is 14.9. The van der Waals surface area contributed by atoms with Gasteiger partial charge in [-0.25, -0.2) is 4.39 Å². The number of amides is 2. The summed E-state index contributed by atoms with van der Waals surface area (Å²) in [5.74, 6) is 0.143. The van der Waals surface area contributed by atoms with Crippen molar-refractivity contribution in [3.63, 3.8) is 0 Å². The van der Waals surface area contributed by atoms with E-state index >= 15 is 0 Å². The summed E-state index contributed by atoms with van der Waals surface area (Å²) in [5, 5.41) is 6.07. The fourth-order valence-electron chi connectivity index (χ4n) is 4.63. The van der Waals surface area contributed by atoms with Crippen LogP contribution >= 0.6 is 11.6 Å². The molecule has 2 aromatic rings. The van der Waals surface area contributed by atoms with Crippen LogP contribution in [0.25, 0.3) is 0 Å². The predicted molar refractivity (Wildman–Crippen MR) is 116 cm³/mol. The number of fused-ring (bicyclic) bond motifs is 2. The average molecular weight is 445 g/mol. The molecule has 3 fully saturated rings. The van der Waals surface area contributed by atoms with Crippen LogP contribution < -0.4 is 15.4 Å². The van der Waals surface area contributed by atoms with Gasteiger partial charge in [0.2, 0.25) is 5.91 Å². The van der Waals surface area contributed by atoms with Gasteiger partial charge in [-0.15, -0.1) is 0 Å². The third kappa shape index (κ3) is 5.18. The minimum atomic E-state index is -0.591. The summed E-state index contributed by atoms with van der Waals surface area (Å²) in [6, 6.07) is 12.1. The van der Waals surface area contributed by atoms with Gasteiger partial charge in [0.25, 0.3) is 5.91 Å². The molecule has 2 aromatic carbocycles. The number of ether oxygens (including phenoxy) is 1. The first-order valence-corrected chi connectivity index (χ1v) is 11.0. The summed E-state index contributed by atoms with van der Waals surface area (Å²) in [5.41, 5.74) is 2.24. The number of carbonyl (C=O) groups excluding carboxylic acids is 2. The van der Waals surface area contributed by atoms with Crippen LogP contribution in [0.5, 0.6) is 5.75 Å². The Labute approximate surface area is 186 Å². The number of halogens is 2.